The van der Waals surface area contributed by atoms with Crippen molar-refractivity contribution in [2.45, 2.75) is 20.3 Å². The third-order valence-electron chi connectivity index (χ3n) is 3.61. The number of aromatic nitrogens is 2. The second-order valence-electron chi connectivity index (χ2n) is 4.92. The molecule has 1 aromatic heterocycles. The lowest BCUT2D eigenvalue weighted by molar-refractivity contribution is 0.659. The molecule has 0 amide bonds. The van der Waals surface area contributed by atoms with E-state index in [-0.39, 0.29) is 0 Å². The van der Waals surface area contributed by atoms with Gasteiger partial charge in [-0.1, -0.05) is 34.5 Å². The van der Waals surface area contributed by atoms with Gasteiger partial charge in [0.05, 0.1) is 17.7 Å². The molecule has 3 rings (SSSR count). The zero-order valence-electron chi connectivity index (χ0n) is 10.5. The Kier molecular flexibility index (Phi) is 2.86. The average molecular weight is 303 g/mol. The molecule has 0 bridgehead atoms. The lowest BCUT2D eigenvalue weighted by Gasteiger charge is -2.18. The first-order valence-electron chi connectivity index (χ1n) is 6.15. The topological polar surface area (TPSA) is 17.8 Å². The molecule has 2 aromatic rings. The third kappa shape index (κ3) is 1.93. The summed E-state index contributed by atoms with van der Waals surface area (Å²) in [6.07, 6.45) is 5.23. The van der Waals surface area contributed by atoms with E-state index in [4.69, 9.17) is 0 Å². The summed E-state index contributed by atoms with van der Waals surface area (Å²) in [6, 6.07) is 8.31. The molecule has 0 N–H and O–H groups in total. The van der Waals surface area contributed by atoms with Gasteiger partial charge < -0.3 is 0 Å². The van der Waals surface area contributed by atoms with Crippen LogP contribution in [0.1, 0.15) is 25.2 Å². The molecular formula is C15H15BrN2. The van der Waals surface area contributed by atoms with Gasteiger partial charge in [0.25, 0.3) is 0 Å². The molecule has 18 heavy (non-hydrogen) atoms. The highest BCUT2D eigenvalue weighted by Gasteiger charge is 2.19. The number of halogens is 1. The fourth-order valence-corrected chi connectivity index (χ4v) is 2.73. The Morgan fingerprint density at radius 3 is 3.00 bits per heavy atom. The van der Waals surface area contributed by atoms with Crippen molar-refractivity contribution in [3.63, 3.8) is 0 Å². The first-order valence-corrected chi connectivity index (χ1v) is 6.95. The minimum atomic E-state index is 0.600. The number of hydrogen-bond donors (Lipinski definition) is 0. The molecule has 2 nitrogen and oxygen atoms in total. The molecule has 1 aromatic carbocycles. The summed E-state index contributed by atoms with van der Waals surface area (Å²) in [5, 5.41) is 0. The Hall–Kier alpha value is -1.35. The lowest BCUT2D eigenvalue weighted by Crippen LogP contribution is -2.09. The minimum absolute atomic E-state index is 0.600. The zero-order chi connectivity index (χ0) is 12.7. The predicted molar refractivity (Wildman–Crippen MR) is 77.8 cm³/mol. The van der Waals surface area contributed by atoms with Crippen molar-refractivity contribution < 1.29 is 0 Å². The van der Waals surface area contributed by atoms with Crippen LogP contribution in [-0.4, -0.2) is 9.55 Å². The first kappa shape index (κ1) is 11.7. The van der Waals surface area contributed by atoms with E-state index >= 15 is 0 Å². The normalized spacial score (nSPS) is 18.4. The molecule has 1 unspecified atom stereocenters. The van der Waals surface area contributed by atoms with E-state index in [1.165, 1.54) is 17.0 Å². The van der Waals surface area contributed by atoms with E-state index < -0.39 is 0 Å². The molecule has 0 radical (unpaired) electrons. The Morgan fingerprint density at radius 2 is 2.22 bits per heavy atom. The number of fused-ring (bicyclic) bond motifs is 1. The molecule has 1 heterocycles. The first-order chi connectivity index (χ1) is 8.65. The average Bonchev–Trinajstić information content (AvgIpc) is 2.73. The molecular weight excluding hydrogens is 288 g/mol. The van der Waals surface area contributed by atoms with E-state index in [1.54, 1.807) is 0 Å². The van der Waals surface area contributed by atoms with Crippen molar-refractivity contribution >= 4 is 22.0 Å². The Morgan fingerprint density at radius 1 is 1.39 bits per heavy atom. The summed E-state index contributed by atoms with van der Waals surface area (Å²) in [4.78, 5) is 4.55. The molecule has 3 heteroatoms. The van der Waals surface area contributed by atoms with Crippen LogP contribution in [0.15, 0.2) is 40.6 Å². The molecule has 0 aliphatic heterocycles. The van der Waals surface area contributed by atoms with E-state index in [0.29, 0.717) is 5.92 Å². The Balaban J connectivity index is 2.13. The van der Waals surface area contributed by atoms with Gasteiger partial charge in [-0.15, -0.1) is 0 Å². The SMILES string of the molecule is CC1=Cc2c(ncn2-c2cccc(Br)c2)CC1C. The fraction of sp³-hybridized carbons (Fsp3) is 0.267. The van der Waals surface area contributed by atoms with Gasteiger partial charge in [-0.05, 0) is 43.5 Å². The summed E-state index contributed by atoms with van der Waals surface area (Å²) in [5.74, 6) is 0.600. The van der Waals surface area contributed by atoms with Crippen molar-refractivity contribution in [2.24, 2.45) is 5.92 Å². The summed E-state index contributed by atoms with van der Waals surface area (Å²) in [6.45, 7) is 4.46. The molecule has 0 fully saturated rings. The molecule has 0 spiro atoms. The third-order valence-corrected chi connectivity index (χ3v) is 4.11. The fourth-order valence-electron chi connectivity index (χ4n) is 2.35. The standard InChI is InChI=1S/C15H15BrN2/c1-10-6-14-15(7-11(10)2)18(9-17-14)13-5-3-4-12(16)8-13/h3-5,7-10H,6H2,1-2H3. The molecule has 1 aliphatic rings. The lowest BCUT2D eigenvalue weighted by atomic mass is 9.91. The van der Waals surface area contributed by atoms with Gasteiger partial charge >= 0.3 is 0 Å². The number of imidazole rings is 1. The van der Waals surface area contributed by atoms with Gasteiger partial charge in [0, 0.05) is 10.2 Å². The second-order valence-corrected chi connectivity index (χ2v) is 5.84. The van der Waals surface area contributed by atoms with Crippen LogP contribution >= 0.6 is 15.9 Å². The maximum absolute atomic E-state index is 4.55. The maximum Gasteiger partial charge on any atom is 0.1000 e. The highest BCUT2D eigenvalue weighted by Crippen LogP contribution is 2.29. The summed E-state index contributed by atoms with van der Waals surface area (Å²) in [7, 11) is 0. The summed E-state index contributed by atoms with van der Waals surface area (Å²) in [5.41, 5.74) is 5.01. The molecule has 1 atom stereocenters. The van der Waals surface area contributed by atoms with Crippen LogP contribution in [0.4, 0.5) is 0 Å². The van der Waals surface area contributed by atoms with Gasteiger partial charge in [-0.2, -0.15) is 0 Å². The van der Waals surface area contributed by atoms with Crippen molar-refractivity contribution in [1.29, 1.82) is 0 Å². The van der Waals surface area contributed by atoms with Crippen LogP contribution in [0.3, 0.4) is 0 Å². The maximum atomic E-state index is 4.55. The van der Waals surface area contributed by atoms with Crippen LogP contribution in [0.25, 0.3) is 11.8 Å². The van der Waals surface area contributed by atoms with Gasteiger partial charge in [0.2, 0.25) is 0 Å². The number of rotatable bonds is 1. The quantitative estimate of drug-likeness (QED) is 0.771. The van der Waals surface area contributed by atoms with E-state index in [9.17, 15) is 0 Å². The summed E-state index contributed by atoms with van der Waals surface area (Å²) < 4.78 is 3.25. The van der Waals surface area contributed by atoms with Crippen molar-refractivity contribution in [1.82, 2.24) is 9.55 Å². The van der Waals surface area contributed by atoms with Crippen LogP contribution in [0, 0.1) is 5.92 Å². The minimum Gasteiger partial charge on any atom is -0.299 e. The van der Waals surface area contributed by atoms with Crippen molar-refractivity contribution in [3.05, 3.63) is 52.0 Å². The van der Waals surface area contributed by atoms with Crippen LogP contribution in [-0.2, 0) is 6.42 Å². The Labute approximate surface area is 115 Å². The van der Waals surface area contributed by atoms with Crippen molar-refractivity contribution in [2.75, 3.05) is 0 Å². The number of nitrogens with zero attached hydrogens (tertiary/aromatic N) is 2. The number of benzene rings is 1. The largest absolute Gasteiger partial charge is 0.299 e. The van der Waals surface area contributed by atoms with Gasteiger partial charge in [-0.25, -0.2) is 4.98 Å². The monoisotopic (exact) mass is 302 g/mol. The highest BCUT2D eigenvalue weighted by molar-refractivity contribution is 9.10. The van der Waals surface area contributed by atoms with Gasteiger partial charge in [-0.3, -0.25) is 4.57 Å². The number of allylic oxidation sites excluding steroid dienone is 1. The highest BCUT2D eigenvalue weighted by atomic mass is 79.9. The second kappa shape index (κ2) is 4.39. The predicted octanol–water partition coefficient (Wildman–Crippen LogP) is 4.23. The van der Waals surface area contributed by atoms with Crippen LogP contribution in [0.2, 0.25) is 0 Å². The number of hydrogen-bond acceptors (Lipinski definition) is 1. The summed E-state index contributed by atoms with van der Waals surface area (Å²) >= 11 is 3.52. The van der Waals surface area contributed by atoms with Crippen LogP contribution < -0.4 is 0 Å². The smallest absolute Gasteiger partial charge is 0.1000 e. The van der Waals surface area contributed by atoms with E-state index in [1.807, 2.05) is 18.5 Å². The molecule has 0 saturated carbocycles. The van der Waals surface area contributed by atoms with E-state index in [2.05, 4.69) is 57.5 Å². The molecule has 1 aliphatic carbocycles. The Bertz CT molecular complexity index is 625. The zero-order valence-corrected chi connectivity index (χ0v) is 12.1. The molecule has 92 valence electrons. The van der Waals surface area contributed by atoms with E-state index in [0.717, 1.165) is 16.6 Å². The van der Waals surface area contributed by atoms with Gasteiger partial charge in [0.15, 0.2) is 0 Å². The van der Waals surface area contributed by atoms with Crippen LogP contribution in [0.5, 0.6) is 0 Å². The van der Waals surface area contributed by atoms with Crippen molar-refractivity contribution in [3.8, 4) is 5.69 Å². The molecule has 0 saturated heterocycles. The van der Waals surface area contributed by atoms with Gasteiger partial charge in [0.1, 0.15) is 0 Å².